The van der Waals surface area contributed by atoms with E-state index < -0.39 is 6.04 Å². The zero-order chi connectivity index (χ0) is 22.0. The first-order valence-corrected chi connectivity index (χ1v) is 10.9. The number of fused-ring (bicyclic) bond motifs is 1. The number of para-hydroxylation sites is 1. The van der Waals surface area contributed by atoms with E-state index in [9.17, 15) is 9.59 Å². The van der Waals surface area contributed by atoms with Crippen LogP contribution in [0.4, 0.5) is 0 Å². The highest BCUT2D eigenvalue weighted by Crippen LogP contribution is 2.29. The molecule has 3 aromatic rings. The number of benzene rings is 2. The highest BCUT2D eigenvalue weighted by atomic mass is 16.2. The maximum absolute atomic E-state index is 13.2. The van der Waals surface area contributed by atoms with Crippen LogP contribution >= 0.6 is 0 Å². The van der Waals surface area contributed by atoms with Crippen molar-refractivity contribution < 1.29 is 9.59 Å². The first-order valence-electron chi connectivity index (χ1n) is 10.9. The largest absolute Gasteiger partial charge is 0.361 e. The molecular formula is C26H29N3O2. The van der Waals surface area contributed by atoms with Crippen LogP contribution in [-0.4, -0.2) is 40.8 Å². The number of hydrogen-bond acceptors (Lipinski definition) is 2. The van der Waals surface area contributed by atoms with E-state index in [1.54, 1.807) is 12.1 Å². The second kappa shape index (κ2) is 8.80. The van der Waals surface area contributed by atoms with Gasteiger partial charge in [-0.1, -0.05) is 55.8 Å². The van der Waals surface area contributed by atoms with Gasteiger partial charge in [-0.2, -0.15) is 0 Å². The number of hydrogen-bond donors (Lipinski definition) is 2. The Bertz CT molecular complexity index is 1130. The molecule has 1 unspecified atom stereocenters. The van der Waals surface area contributed by atoms with Crippen LogP contribution in [0.5, 0.6) is 0 Å². The number of nitrogens with one attached hydrogen (secondary N) is 2. The monoisotopic (exact) mass is 415 g/mol. The third-order valence-corrected chi connectivity index (χ3v) is 5.99. The number of nitrogens with zero attached hydrogens (tertiary/aromatic N) is 1. The van der Waals surface area contributed by atoms with Crippen molar-refractivity contribution in [1.82, 2.24) is 15.2 Å². The van der Waals surface area contributed by atoms with Gasteiger partial charge < -0.3 is 15.2 Å². The van der Waals surface area contributed by atoms with Gasteiger partial charge in [0.15, 0.2) is 0 Å². The summed E-state index contributed by atoms with van der Waals surface area (Å²) in [5.41, 5.74) is 5.25. The van der Waals surface area contributed by atoms with Crippen molar-refractivity contribution in [2.45, 2.75) is 33.2 Å². The van der Waals surface area contributed by atoms with Gasteiger partial charge in [0.2, 0.25) is 5.91 Å². The molecule has 1 aliphatic heterocycles. The van der Waals surface area contributed by atoms with Crippen molar-refractivity contribution in [2.24, 2.45) is 5.92 Å². The molecule has 4 rings (SSSR count). The summed E-state index contributed by atoms with van der Waals surface area (Å²) in [5, 5.41) is 4.16. The second-order valence-corrected chi connectivity index (χ2v) is 8.57. The van der Waals surface area contributed by atoms with Gasteiger partial charge in [-0.15, -0.1) is 0 Å². The first-order chi connectivity index (χ1) is 14.9. The molecule has 2 aromatic carbocycles. The summed E-state index contributed by atoms with van der Waals surface area (Å²) in [6.45, 7) is 7.12. The average Bonchev–Trinajstić information content (AvgIpc) is 3.21. The van der Waals surface area contributed by atoms with E-state index in [0.29, 0.717) is 18.7 Å². The third-order valence-electron chi connectivity index (χ3n) is 5.99. The highest BCUT2D eigenvalue weighted by Gasteiger charge is 2.30. The number of rotatable bonds is 5. The number of H-pyrrole nitrogens is 1. The van der Waals surface area contributed by atoms with Crippen LogP contribution in [-0.2, 0) is 4.79 Å². The quantitative estimate of drug-likeness (QED) is 0.642. The summed E-state index contributed by atoms with van der Waals surface area (Å²) in [5.74, 6) is -0.232. The second-order valence-electron chi connectivity index (χ2n) is 8.57. The third kappa shape index (κ3) is 4.41. The van der Waals surface area contributed by atoms with Crippen molar-refractivity contribution in [3.8, 4) is 0 Å². The van der Waals surface area contributed by atoms with Crippen LogP contribution in [0, 0.1) is 12.8 Å². The maximum atomic E-state index is 13.2. The minimum Gasteiger partial charge on any atom is -0.361 e. The van der Waals surface area contributed by atoms with Gasteiger partial charge in [0, 0.05) is 41.3 Å². The molecule has 2 amide bonds. The van der Waals surface area contributed by atoms with Crippen molar-refractivity contribution in [3.05, 3.63) is 77.5 Å². The number of carbonyl (C=O) groups is 2. The number of amides is 2. The summed E-state index contributed by atoms with van der Waals surface area (Å²) in [6, 6.07) is 15.1. The van der Waals surface area contributed by atoms with Gasteiger partial charge in [-0.3, -0.25) is 9.59 Å². The number of aryl methyl sites for hydroxylation is 1. The van der Waals surface area contributed by atoms with E-state index >= 15 is 0 Å². The summed E-state index contributed by atoms with van der Waals surface area (Å²) in [6.07, 6.45) is 4.98. The Morgan fingerprint density at radius 2 is 1.81 bits per heavy atom. The van der Waals surface area contributed by atoms with Crippen molar-refractivity contribution in [1.29, 1.82) is 0 Å². The van der Waals surface area contributed by atoms with Crippen molar-refractivity contribution in [3.63, 3.8) is 0 Å². The van der Waals surface area contributed by atoms with Gasteiger partial charge in [0.25, 0.3) is 5.91 Å². The Hall–Kier alpha value is -3.34. The topological polar surface area (TPSA) is 65.2 Å². The standard InChI is InChI=1S/C26H29N3O2/c1-17(2)24(28-25(30)20-10-8-18(3)9-11-20)26(31)29-14-12-19(13-15-29)22-16-27-23-7-5-4-6-21(22)23/h4-12,16-17,24,27H,13-15H2,1-3H3,(H,28,30). The van der Waals surface area contributed by atoms with Crippen molar-refractivity contribution in [2.75, 3.05) is 13.1 Å². The number of aromatic amines is 1. The summed E-state index contributed by atoms with van der Waals surface area (Å²) in [4.78, 5) is 31.1. The molecule has 0 radical (unpaired) electrons. The molecule has 5 nitrogen and oxygen atoms in total. The van der Waals surface area contributed by atoms with E-state index in [1.165, 1.54) is 16.5 Å². The molecule has 0 saturated heterocycles. The lowest BCUT2D eigenvalue weighted by Crippen LogP contribution is -2.52. The minimum atomic E-state index is -0.545. The van der Waals surface area contributed by atoms with Crippen LogP contribution in [0.3, 0.4) is 0 Å². The van der Waals surface area contributed by atoms with Gasteiger partial charge in [0.1, 0.15) is 6.04 Å². The lowest BCUT2D eigenvalue weighted by Gasteiger charge is -2.32. The van der Waals surface area contributed by atoms with Crippen LogP contribution in [0.15, 0.2) is 60.8 Å². The van der Waals surface area contributed by atoms with Gasteiger partial charge in [-0.25, -0.2) is 0 Å². The van der Waals surface area contributed by atoms with Crippen molar-refractivity contribution >= 4 is 28.3 Å². The smallest absolute Gasteiger partial charge is 0.251 e. The van der Waals surface area contributed by atoms with Gasteiger partial charge >= 0.3 is 0 Å². The molecule has 0 aliphatic carbocycles. The summed E-state index contributed by atoms with van der Waals surface area (Å²) in [7, 11) is 0. The SMILES string of the molecule is Cc1ccc(C(=O)NC(C(=O)N2CC=C(c3c[nH]c4ccccc34)CC2)C(C)C)cc1. The van der Waals surface area contributed by atoms with E-state index in [1.807, 2.05) is 56.1 Å². The molecule has 160 valence electrons. The predicted molar refractivity (Wildman–Crippen MR) is 125 cm³/mol. The van der Waals surface area contributed by atoms with E-state index in [4.69, 9.17) is 0 Å². The lowest BCUT2D eigenvalue weighted by molar-refractivity contribution is -0.133. The Morgan fingerprint density at radius 1 is 1.06 bits per heavy atom. The Kier molecular flexibility index (Phi) is 5.94. The molecule has 0 fully saturated rings. The number of carbonyl (C=O) groups excluding carboxylic acids is 2. The van der Waals surface area contributed by atoms with E-state index in [-0.39, 0.29) is 17.7 Å². The zero-order valence-corrected chi connectivity index (χ0v) is 18.3. The Morgan fingerprint density at radius 3 is 2.48 bits per heavy atom. The molecule has 5 heteroatoms. The fraction of sp³-hybridized carbons (Fsp3) is 0.308. The maximum Gasteiger partial charge on any atom is 0.251 e. The summed E-state index contributed by atoms with van der Waals surface area (Å²) < 4.78 is 0. The normalized spacial score (nSPS) is 15.1. The highest BCUT2D eigenvalue weighted by molar-refractivity contribution is 5.98. The van der Waals surface area contributed by atoms with Gasteiger partial charge in [0.05, 0.1) is 0 Å². The first kappa shape index (κ1) is 20.9. The van der Waals surface area contributed by atoms with E-state index in [2.05, 4.69) is 28.5 Å². The average molecular weight is 416 g/mol. The molecule has 31 heavy (non-hydrogen) atoms. The molecule has 1 aromatic heterocycles. The Labute approximate surface area is 183 Å². The zero-order valence-electron chi connectivity index (χ0n) is 18.3. The van der Waals surface area contributed by atoms with Crippen LogP contribution in [0.25, 0.3) is 16.5 Å². The number of aromatic nitrogens is 1. The van der Waals surface area contributed by atoms with Crippen LogP contribution in [0.1, 0.15) is 41.8 Å². The fourth-order valence-electron chi connectivity index (χ4n) is 4.09. The van der Waals surface area contributed by atoms with Crippen LogP contribution < -0.4 is 5.32 Å². The van der Waals surface area contributed by atoms with Gasteiger partial charge in [-0.05, 0) is 43.0 Å². The Balaban J connectivity index is 1.46. The molecule has 1 aliphatic rings. The van der Waals surface area contributed by atoms with Crippen LogP contribution in [0.2, 0.25) is 0 Å². The molecule has 0 bridgehead atoms. The molecule has 1 atom stereocenters. The van der Waals surface area contributed by atoms with E-state index in [0.717, 1.165) is 17.5 Å². The molecule has 0 saturated carbocycles. The molecule has 2 N–H and O–H groups in total. The minimum absolute atomic E-state index is 0.000826. The molecule has 0 spiro atoms. The molecule has 2 heterocycles. The summed E-state index contributed by atoms with van der Waals surface area (Å²) >= 11 is 0. The molecular weight excluding hydrogens is 386 g/mol. The lowest BCUT2D eigenvalue weighted by atomic mass is 9.97. The fourth-order valence-corrected chi connectivity index (χ4v) is 4.09. The predicted octanol–water partition coefficient (Wildman–Crippen LogP) is 4.55.